The van der Waals surface area contributed by atoms with E-state index in [-0.39, 0.29) is 6.71 Å². The molecule has 0 saturated heterocycles. The Balaban J connectivity index is 1.30. The molecule has 0 N–H and O–H groups in total. The number of nitrogens with zero attached hydrogens (tertiary/aromatic N) is 2. The van der Waals surface area contributed by atoms with Crippen molar-refractivity contribution in [1.82, 2.24) is 0 Å². The summed E-state index contributed by atoms with van der Waals surface area (Å²) >= 11 is 0. The highest BCUT2D eigenvalue weighted by Crippen LogP contribution is 2.47. The molecule has 0 radical (unpaired) electrons. The van der Waals surface area contributed by atoms with Gasteiger partial charge in [-0.1, -0.05) is 71.8 Å². The maximum atomic E-state index is 6.58. The zero-order chi connectivity index (χ0) is 33.2. The summed E-state index contributed by atoms with van der Waals surface area (Å²) in [5, 5.41) is 4.50. The van der Waals surface area contributed by atoms with Gasteiger partial charge in [-0.2, -0.15) is 0 Å². The van der Waals surface area contributed by atoms with Gasteiger partial charge in [-0.05, 0) is 116 Å². The molecular formula is C45H31BN2O2. The van der Waals surface area contributed by atoms with Crippen molar-refractivity contribution in [1.29, 1.82) is 0 Å². The maximum absolute atomic E-state index is 6.58. The van der Waals surface area contributed by atoms with E-state index in [4.69, 9.17) is 8.83 Å². The minimum atomic E-state index is -0.0516. The maximum Gasteiger partial charge on any atom is 0.252 e. The van der Waals surface area contributed by atoms with Crippen LogP contribution >= 0.6 is 0 Å². The normalized spacial score (nSPS) is 13.4. The summed E-state index contributed by atoms with van der Waals surface area (Å²) in [6, 6.07) is 48.6. The van der Waals surface area contributed by atoms with E-state index in [1.165, 1.54) is 55.8 Å². The van der Waals surface area contributed by atoms with Crippen LogP contribution in [0.1, 0.15) is 16.7 Å². The molecule has 2 aliphatic rings. The number of hydrogen-bond acceptors (Lipinski definition) is 4. The molecule has 9 aromatic rings. The highest BCUT2D eigenvalue weighted by Gasteiger charge is 2.44. The van der Waals surface area contributed by atoms with Gasteiger partial charge in [0.25, 0.3) is 6.71 Å². The Morgan fingerprint density at radius 2 is 0.840 bits per heavy atom. The molecule has 0 unspecified atom stereocenters. The first-order valence-electron chi connectivity index (χ1n) is 17.3. The van der Waals surface area contributed by atoms with E-state index in [0.29, 0.717) is 0 Å². The lowest BCUT2D eigenvalue weighted by Gasteiger charge is -2.44. The van der Waals surface area contributed by atoms with E-state index in [9.17, 15) is 0 Å². The molecule has 7 aromatic carbocycles. The summed E-state index contributed by atoms with van der Waals surface area (Å²) < 4.78 is 13.2. The monoisotopic (exact) mass is 642 g/mol. The number of para-hydroxylation sites is 2. The molecule has 0 bridgehead atoms. The van der Waals surface area contributed by atoms with Crippen molar-refractivity contribution >= 4 is 101 Å². The quantitative estimate of drug-likeness (QED) is 0.176. The third-order valence-electron chi connectivity index (χ3n) is 10.8. The Morgan fingerprint density at radius 3 is 1.30 bits per heavy atom. The van der Waals surface area contributed by atoms with E-state index >= 15 is 0 Å². The predicted octanol–water partition coefficient (Wildman–Crippen LogP) is 10.5. The van der Waals surface area contributed by atoms with E-state index in [2.05, 4.69) is 152 Å². The average Bonchev–Trinajstić information content (AvgIpc) is 3.68. The highest BCUT2D eigenvalue weighted by atomic mass is 16.3. The summed E-state index contributed by atoms with van der Waals surface area (Å²) in [5.74, 6) is 0. The zero-order valence-electron chi connectivity index (χ0n) is 28.0. The molecule has 4 heterocycles. The van der Waals surface area contributed by atoms with Crippen LogP contribution in [0.3, 0.4) is 0 Å². The number of aryl methyl sites for hydroxylation is 3. The van der Waals surface area contributed by atoms with Crippen molar-refractivity contribution in [3.63, 3.8) is 0 Å². The lowest BCUT2D eigenvalue weighted by Crippen LogP contribution is -2.61. The minimum absolute atomic E-state index is 0.0516. The van der Waals surface area contributed by atoms with Gasteiger partial charge >= 0.3 is 0 Å². The average molecular weight is 643 g/mol. The van der Waals surface area contributed by atoms with E-state index < -0.39 is 0 Å². The molecule has 50 heavy (non-hydrogen) atoms. The first kappa shape index (κ1) is 27.7. The number of rotatable bonds is 2. The fourth-order valence-corrected chi connectivity index (χ4v) is 8.51. The molecule has 11 rings (SSSR count). The Kier molecular flexibility index (Phi) is 5.50. The summed E-state index contributed by atoms with van der Waals surface area (Å²) in [7, 11) is 0. The van der Waals surface area contributed by atoms with Crippen LogP contribution in [0.15, 0.2) is 142 Å². The number of benzene rings is 7. The van der Waals surface area contributed by atoms with Crippen LogP contribution in [0.2, 0.25) is 0 Å². The summed E-state index contributed by atoms with van der Waals surface area (Å²) in [6.07, 6.45) is 0. The van der Waals surface area contributed by atoms with Crippen LogP contribution in [0.4, 0.5) is 34.1 Å². The van der Waals surface area contributed by atoms with Gasteiger partial charge in [-0.15, -0.1) is 0 Å². The number of anilines is 6. The second-order valence-corrected chi connectivity index (χ2v) is 14.0. The van der Waals surface area contributed by atoms with Crippen molar-refractivity contribution in [3.8, 4) is 0 Å². The number of fused-ring (bicyclic) bond motifs is 10. The molecule has 0 amide bonds. The second-order valence-electron chi connectivity index (χ2n) is 14.0. The van der Waals surface area contributed by atoms with Crippen LogP contribution in [0, 0.1) is 20.8 Å². The SMILES string of the molecule is Cc1ccc(N2c3cc4c(cc3B3c5cc6oc7ccccc7c6cc5N(c5ccc(C)cc5)c5cc(C)cc2c53)oc2ccccc24)cc1. The van der Waals surface area contributed by atoms with Gasteiger partial charge in [0.1, 0.15) is 22.3 Å². The summed E-state index contributed by atoms with van der Waals surface area (Å²) in [6.45, 7) is 6.46. The van der Waals surface area contributed by atoms with Gasteiger partial charge in [0.15, 0.2) is 0 Å². The largest absolute Gasteiger partial charge is 0.456 e. The molecular weight excluding hydrogens is 611 g/mol. The predicted molar refractivity (Wildman–Crippen MR) is 209 cm³/mol. The smallest absolute Gasteiger partial charge is 0.252 e. The fourth-order valence-electron chi connectivity index (χ4n) is 8.51. The van der Waals surface area contributed by atoms with Gasteiger partial charge in [0.05, 0.1) is 0 Å². The van der Waals surface area contributed by atoms with Crippen LogP contribution in [-0.4, -0.2) is 6.71 Å². The molecule has 0 saturated carbocycles. The Bertz CT molecular complexity index is 2670. The molecule has 5 heteroatoms. The van der Waals surface area contributed by atoms with Crippen molar-refractivity contribution in [2.24, 2.45) is 0 Å². The van der Waals surface area contributed by atoms with E-state index in [0.717, 1.165) is 55.3 Å². The molecule has 2 aromatic heterocycles. The molecule has 0 aliphatic carbocycles. The van der Waals surface area contributed by atoms with Crippen LogP contribution in [-0.2, 0) is 0 Å². The molecule has 236 valence electrons. The third kappa shape index (κ3) is 3.77. The van der Waals surface area contributed by atoms with Gasteiger partial charge < -0.3 is 18.6 Å². The standard InChI is InChI=1S/C45H31BN2O2/c1-26-12-16-29(17-13-26)47-37-22-33-31-8-4-6-10-41(31)49-43(33)24-35(37)46-36-25-44-34(32-9-5-7-11-42(32)50-44)23-38(36)48(30-18-14-27(2)15-19-30)40-21-28(3)20-39(47)45(40)46/h4-25H,1-3H3. The van der Waals surface area contributed by atoms with Crippen LogP contribution < -0.4 is 26.2 Å². The Labute approximate surface area is 289 Å². The van der Waals surface area contributed by atoms with Gasteiger partial charge in [0, 0.05) is 55.7 Å². The zero-order valence-corrected chi connectivity index (χ0v) is 28.0. The molecule has 4 nitrogen and oxygen atoms in total. The lowest BCUT2D eigenvalue weighted by molar-refractivity contribution is 0.669. The van der Waals surface area contributed by atoms with Gasteiger partial charge in [-0.3, -0.25) is 0 Å². The molecule has 2 aliphatic heterocycles. The van der Waals surface area contributed by atoms with Crippen molar-refractivity contribution in [2.75, 3.05) is 9.80 Å². The van der Waals surface area contributed by atoms with E-state index in [1.807, 2.05) is 12.1 Å². The minimum Gasteiger partial charge on any atom is -0.456 e. The molecule has 0 atom stereocenters. The summed E-state index contributed by atoms with van der Waals surface area (Å²) in [5.41, 5.74) is 18.0. The van der Waals surface area contributed by atoms with Crippen LogP contribution in [0.25, 0.3) is 43.9 Å². The summed E-state index contributed by atoms with van der Waals surface area (Å²) in [4.78, 5) is 4.94. The first-order valence-corrected chi connectivity index (χ1v) is 17.3. The Morgan fingerprint density at radius 1 is 0.400 bits per heavy atom. The third-order valence-corrected chi connectivity index (χ3v) is 10.8. The highest BCUT2D eigenvalue weighted by molar-refractivity contribution is 7.00. The lowest BCUT2D eigenvalue weighted by atomic mass is 9.33. The number of furan rings is 2. The first-order chi connectivity index (χ1) is 24.5. The van der Waals surface area contributed by atoms with Gasteiger partial charge in [0.2, 0.25) is 0 Å². The Hall–Kier alpha value is -6.20. The second kappa shape index (κ2) is 9.93. The van der Waals surface area contributed by atoms with Crippen molar-refractivity contribution < 1.29 is 8.83 Å². The van der Waals surface area contributed by atoms with Crippen molar-refractivity contribution in [2.45, 2.75) is 20.8 Å². The van der Waals surface area contributed by atoms with Crippen LogP contribution in [0.5, 0.6) is 0 Å². The van der Waals surface area contributed by atoms with E-state index in [1.54, 1.807) is 0 Å². The molecule has 0 spiro atoms. The van der Waals surface area contributed by atoms with Gasteiger partial charge in [-0.25, -0.2) is 0 Å². The van der Waals surface area contributed by atoms with Crippen molar-refractivity contribution in [3.05, 3.63) is 150 Å². The fraction of sp³-hybridized carbons (Fsp3) is 0.0667. The number of hydrogen-bond donors (Lipinski definition) is 0. The molecule has 0 fully saturated rings. The topological polar surface area (TPSA) is 32.8 Å².